The average Bonchev–Trinajstić information content (AvgIpc) is 2.97. The van der Waals surface area contributed by atoms with Crippen LogP contribution in [0.2, 0.25) is 0 Å². The highest BCUT2D eigenvalue weighted by molar-refractivity contribution is 5.89. The molecule has 0 aliphatic carbocycles. The molecule has 0 bridgehead atoms. The predicted octanol–water partition coefficient (Wildman–Crippen LogP) is -1.05. The van der Waals surface area contributed by atoms with Gasteiger partial charge in [-0.25, -0.2) is 0 Å². The summed E-state index contributed by atoms with van der Waals surface area (Å²) in [5, 5.41) is 93.9. The molecule has 9 N–H and O–H groups in total. The van der Waals surface area contributed by atoms with Crippen molar-refractivity contribution in [2.24, 2.45) is 0 Å². The fourth-order valence-electron chi connectivity index (χ4n) is 5.34. The Morgan fingerprint density at radius 1 is 0.837 bits per heavy atom. The number of aromatic hydroxyl groups is 3. The Morgan fingerprint density at radius 3 is 2.21 bits per heavy atom. The lowest BCUT2D eigenvalue weighted by Crippen LogP contribution is -2.61. The van der Waals surface area contributed by atoms with E-state index in [2.05, 4.69) is 0 Å². The Balaban J connectivity index is 1.67. The lowest BCUT2D eigenvalue weighted by atomic mass is 9.89. The molecule has 0 saturated carbocycles. The van der Waals surface area contributed by atoms with E-state index >= 15 is 0 Å². The number of phenols is 3. The standard InChI is InChI=1S/C28H32O15/c1-9-20(34)22(36)24(38)28(40-9)43-27-23(37)21(35)17(8-29)42-26(27)19-13(32)6-12(31)18-14(33)7-16(41-25(18)19)10-3-4-15(39-2)11(30)5-10/h3-7,9,17,20-24,26-32,34-38H,8H2,1-2H3/t9-,17-,20+,21-,22+,23+,24-,26+,27-,28+/m1/s1. The summed E-state index contributed by atoms with van der Waals surface area (Å²) in [7, 11) is 1.34. The summed E-state index contributed by atoms with van der Waals surface area (Å²) >= 11 is 0. The molecule has 0 unspecified atom stereocenters. The lowest BCUT2D eigenvalue weighted by molar-refractivity contribution is -0.338. The van der Waals surface area contributed by atoms with Crippen molar-refractivity contribution >= 4 is 11.0 Å². The molecule has 0 spiro atoms. The Labute approximate surface area is 242 Å². The van der Waals surface area contributed by atoms with E-state index in [9.17, 15) is 50.8 Å². The SMILES string of the molecule is COc1ccc(-c2cc(=O)c3c(O)cc(O)c([C@@H]4O[C@H](CO)[C@@H](O)[C@H](O)[C@H]4O[C@@H]4O[C@H](C)[C@H](O)[C@H](O)[C@H]4O)c3o2)cc1O. The zero-order valence-electron chi connectivity index (χ0n) is 22.8. The maximum Gasteiger partial charge on any atom is 0.197 e. The van der Waals surface area contributed by atoms with Crippen LogP contribution in [0.5, 0.6) is 23.0 Å². The van der Waals surface area contributed by atoms with Gasteiger partial charge >= 0.3 is 0 Å². The summed E-state index contributed by atoms with van der Waals surface area (Å²) in [6.45, 7) is 0.591. The third kappa shape index (κ3) is 5.39. The smallest absolute Gasteiger partial charge is 0.197 e. The first-order valence-corrected chi connectivity index (χ1v) is 13.3. The molecule has 3 aromatic rings. The van der Waals surface area contributed by atoms with Gasteiger partial charge in [-0.2, -0.15) is 0 Å². The number of benzene rings is 2. The minimum Gasteiger partial charge on any atom is -0.507 e. The Kier molecular flexibility index (Phi) is 8.54. The lowest BCUT2D eigenvalue weighted by Gasteiger charge is -2.46. The summed E-state index contributed by atoms with van der Waals surface area (Å²) in [6, 6.07) is 6.00. The molecule has 2 aliphatic rings. The maximum absolute atomic E-state index is 13.2. The van der Waals surface area contributed by atoms with Gasteiger partial charge < -0.3 is 69.3 Å². The van der Waals surface area contributed by atoms with E-state index < -0.39 is 95.7 Å². The van der Waals surface area contributed by atoms with Gasteiger partial charge in [0.15, 0.2) is 28.8 Å². The quantitative estimate of drug-likeness (QED) is 0.162. The minimum atomic E-state index is -1.87. The normalized spacial score (nSPS) is 33.0. The van der Waals surface area contributed by atoms with Crippen molar-refractivity contribution in [3.8, 4) is 34.3 Å². The predicted molar refractivity (Wildman–Crippen MR) is 143 cm³/mol. The first-order chi connectivity index (χ1) is 20.4. The van der Waals surface area contributed by atoms with E-state index in [0.29, 0.717) is 0 Å². The van der Waals surface area contributed by atoms with Crippen LogP contribution < -0.4 is 10.2 Å². The largest absolute Gasteiger partial charge is 0.507 e. The first-order valence-electron chi connectivity index (χ1n) is 13.3. The molecule has 2 saturated heterocycles. The topological polar surface area (TPSA) is 249 Å². The number of hydrogen-bond donors (Lipinski definition) is 9. The molecule has 15 nitrogen and oxygen atoms in total. The highest BCUT2D eigenvalue weighted by Crippen LogP contribution is 2.45. The maximum atomic E-state index is 13.2. The average molecular weight is 609 g/mol. The summed E-state index contributed by atoms with van der Waals surface area (Å²) in [6.07, 6.45) is -16.2. The third-order valence-electron chi connectivity index (χ3n) is 7.71. The first kappa shape index (κ1) is 30.9. The van der Waals surface area contributed by atoms with Crippen LogP contribution in [0.4, 0.5) is 0 Å². The number of ether oxygens (including phenoxy) is 4. The van der Waals surface area contributed by atoms with Gasteiger partial charge in [-0.15, -0.1) is 0 Å². The second-order valence-corrected chi connectivity index (χ2v) is 10.4. The number of methoxy groups -OCH3 is 1. The third-order valence-corrected chi connectivity index (χ3v) is 7.71. The van der Waals surface area contributed by atoms with E-state index in [0.717, 1.165) is 12.1 Å². The van der Waals surface area contributed by atoms with Gasteiger partial charge in [0.2, 0.25) is 0 Å². The Hall–Kier alpha value is -3.51. The molecule has 10 atom stereocenters. The number of hydrogen-bond acceptors (Lipinski definition) is 15. The van der Waals surface area contributed by atoms with E-state index in [1.165, 1.54) is 32.2 Å². The van der Waals surface area contributed by atoms with E-state index in [1.54, 1.807) is 0 Å². The number of phenolic OH excluding ortho intramolecular Hbond substituents is 3. The van der Waals surface area contributed by atoms with Crippen molar-refractivity contribution in [2.75, 3.05) is 13.7 Å². The summed E-state index contributed by atoms with van der Waals surface area (Å²) in [5.74, 6) is -1.62. The molecule has 0 amide bonds. The molecule has 1 aromatic heterocycles. The van der Waals surface area contributed by atoms with Crippen LogP contribution in [0, 0.1) is 0 Å². The van der Waals surface area contributed by atoms with Crippen LogP contribution >= 0.6 is 0 Å². The highest BCUT2D eigenvalue weighted by atomic mass is 16.7. The van der Waals surface area contributed by atoms with Gasteiger partial charge in [0.25, 0.3) is 0 Å². The van der Waals surface area contributed by atoms with Crippen molar-refractivity contribution in [2.45, 2.75) is 68.1 Å². The number of rotatable bonds is 6. The van der Waals surface area contributed by atoms with E-state index in [1.807, 2.05) is 0 Å². The van der Waals surface area contributed by atoms with Crippen LogP contribution in [-0.4, -0.2) is 115 Å². The van der Waals surface area contributed by atoms with Crippen LogP contribution in [0.1, 0.15) is 18.6 Å². The van der Waals surface area contributed by atoms with Gasteiger partial charge in [-0.1, -0.05) is 0 Å². The van der Waals surface area contributed by atoms with E-state index in [-0.39, 0.29) is 28.4 Å². The molecule has 2 aliphatic heterocycles. The minimum absolute atomic E-state index is 0.119. The van der Waals surface area contributed by atoms with Crippen molar-refractivity contribution < 1.29 is 69.3 Å². The van der Waals surface area contributed by atoms with Gasteiger partial charge in [-0.05, 0) is 25.1 Å². The van der Waals surface area contributed by atoms with Crippen molar-refractivity contribution in [1.82, 2.24) is 0 Å². The van der Waals surface area contributed by atoms with E-state index in [4.69, 9.17) is 23.4 Å². The highest BCUT2D eigenvalue weighted by Gasteiger charge is 2.51. The van der Waals surface area contributed by atoms with Crippen LogP contribution in [0.25, 0.3) is 22.3 Å². The fraction of sp³-hybridized carbons (Fsp3) is 0.464. The van der Waals surface area contributed by atoms with Crippen molar-refractivity contribution in [3.05, 3.63) is 46.1 Å². The van der Waals surface area contributed by atoms with Crippen LogP contribution in [0.3, 0.4) is 0 Å². The molecular weight excluding hydrogens is 576 g/mol. The molecule has 5 rings (SSSR count). The van der Waals surface area contributed by atoms with Crippen molar-refractivity contribution in [3.63, 3.8) is 0 Å². The van der Waals surface area contributed by atoms with Crippen LogP contribution in [-0.2, 0) is 14.2 Å². The molecule has 0 radical (unpaired) electrons. The zero-order chi connectivity index (χ0) is 31.3. The molecular formula is C28H32O15. The van der Waals surface area contributed by atoms with Gasteiger partial charge in [0, 0.05) is 17.7 Å². The fourth-order valence-corrected chi connectivity index (χ4v) is 5.34. The number of aliphatic hydroxyl groups excluding tert-OH is 6. The molecule has 2 aromatic carbocycles. The molecule has 2 fully saturated rings. The molecule has 43 heavy (non-hydrogen) atoms. The number of aliphatic hydroxyl groups is 6. The monoisotopic (exact) mass is 608 g/mol. The van der Waals surface area contributed by atoms with Gasteiger partial charge in [0.05, 0.1) is 25.4 Å². The Morgan fingerprint density at radius 2 is 1.56 bits per heavy atom. The second-order valence-electron chi connectivity index (χ2n) is 10.4. The Bertz CT molecular complexity index is 1540. The molecule has 15 heteroatoms. The number of fused-ring (bicyclic) bond motifs is 1. The zero-order valence-corrected chi connectivity index (χ0v) is 22.8. The summed E-state index contributed by atoms with van der Waals surface area (Å²) in [5.41, 5.74) is -1.34. The van der Waals surface area contributed by atoms with Crippen LogP contribution in [0.15, 0.2) is 39.5 Å². The molecule has 234 valence electrons. The summed E-state index contributed by atoms with van der Waals surface area (Å²) in [4.78, 5) is 13.2. The second kappa shape index (κ2) is 11.9. The summed E-state index contributed by atoms with van der Waals surface area (Å²) < 4.78 is 28.1. The van der Waals surface area contributed by atoms with Crippen molar-refractivity contribution in [1.29, 1.82) is 0 Å². The van der Waals surface area contributed by atoms with Gasteiger partial charge in [-0.3, -0.25) is 4.79 Å². The van der Waals surface area contributed by atoms with Gasteiger partial charge in [0.1, 0.15) is 71.5 Å². The molecule has 3 heterocycles.